The van der Waals surface area contributed by atoms with E-state index >= 15 is 0 Å². The SMILES string of the molecule is C=CC#N.CCCCCCCCCCCCO. The molecule has 0 aromatic heterocycles. The molecule has 2 nitrogen and oxygen atoms in total. The molecule has 2 heteroatoms. The molecule has 0 aliphatic carbocycles. The summed E-state index contributed by atoms with van der Waals surface area (Å²) in [6.07, 6.45) is 14.5. The summed E-state index contributed by atoms with van der Waals surface area (Å²) in [4.78, 5) is 0. The summed E-state index contributed by atoms with van der Waals surface area (Å²) in [7, 11) is 0. The first kappa shape index (κ1) is 18.6. The Bertz CT molecular complexity index is 162. The van der Waals surface area contributed by atoms with Crippen LogP contribution in [0.25, 0.3) is 0 Å². The molecule has 1 N–H and O–H groups in total. The predicted molar refractivity (Wildman–Crippen MR) is 74.7 cm³/mol. The molecule has 0 saturated carbocycles. The molecule has 0 heterocycles. The van der Waals surface area contributed by atoms with Crippen LogP contribution >= 0.6 is 0 Å². The van der Waals surface area contributed by atoms with E-state index in [1.54, 1.807) is 6.07 Å². The number of rotatable bonds is 10. The van der Waals surface area contributed by atoms with E-state index < -0.39 is 0 Å². The molecule has 0 aromatic rings. The Morgan fingerprint density at radius 1 is 0.941 bits per heavy atom. The van der Waals surface area contributed by atoms with Gasteiger partial charge in [0.25, 0.3) is 0 Å². The minimum atomic E-state index is 0.372. The van der Waals surface area contributed by atoms with Gasteiger partial charge >= 0.3 is 0 Å². The molecule has 0 atom stereocenters. The van der Waals surface area contributed by atoms with Gasteiger partial charge in [-0.1, -0.05) is 71.3 Å². The second kappa shape index (κ2) is 20.6. The third kappa shape index (κ3) is 25.5. The predicted octanol–water partition coefficient (Wildman–Crippen LogP) is 4.60. The van der Waals surface area contributed by atoms with Crippen molar-refractivity contribution in [2.75, 3.05) is 6.61 Å². The van der Waals surface area contributed by atoms with Crippen LogP contribution in [0.5, 0.6) is 0 Å². The lowest BCUT2D eigenvalue weighted by Gasteiger charge is -2.00. The van der Waals surface area contributed by atoms with Gasteiger partial charge < -0.3 is 5.11 Å². The summed E-state index contributed by atoms with van der Waals surface area (Å²) in [6, 6.07) is 1.69. The summed E-state index contributed by atoms with van der Waals surface area (Å²) in [5.74, 6) is 0. The fourth-order valence-electron chi connectivity index (χ4n) is 1.60. The Morgan fingerprint density at radius 2 is 1.29 bits per heavy atom. The van der Waals surface area contributed by atoms with E-state index in [1.165, 1.54) is 63.9 Å². The number of hydrogen-bond donors (Lipinski definition) is 1. The average Bonchev–Trinajstić information content (AvgIpc) is 2.37. The lowest BCUT2D eigenvalue weighted by Crippen LogP contribution is -1.84. The fraction of sp³-hybridized carbons (Fsp3) is 0.800. The lowest BCUT2D eigenvalue weighted by molar-refractivity contribution is 0.282. The molecule has 100 valence electrons. The van der Waals surface area contributed by atoms with Gasteiger partial charge in [0.2, 0.25) is 0 Å². The van der Waals surface area contributed by atoms with Crippen LogP contribution in [0.15, 0.2) is 12.7 Å². The molecule has 0 aromatic carbocycles. The third-order valence-corrected chi connectivity index (χ3v) is 2.60. The van der Waals surface area contributed by atoms with Crippen LogP contribution in [0, 0.1) is 11.3 Å². The van der Waals surface area contributed by atoms with E-state index in [4.69, 9.17) is 10.4 Å². The highest BCUT2D eigenvalue weighted by atomic mass is 16.2. The van der Waals surface area contributed by atoms with Gasteiger partial charge in [0.05, 0.1) is 6.07 Å². The van der Waals surface area contributed by atoms with E-state index in [1.807, 2.05) is 0 Å². The molecule has 0 radical (unpaired) electrons. The standard InChI is InChI=1S/C12H26O.C3H3N/c1-2-3-4-5-6-7-8-9-10-11-12-13;1-2-3-4/h13H,2-12H2,1H3;2H,1H2. The molecule has 17 heavy (non-hydrogen) atoms. The number of nitriles is 1. The van der Waals surface area contributed by atoms with Crippen LogP contribution in [0.4, 0.5) is 0 Å². The van der Waals surface area contributed by atoms with Gasteiger partial charge in [0.15, 0.2) is 0 Å². The number of hydrogen-bond acceptors (Lipinski definition) is 2. The van der Waals surface area contributed by atoms with E-state index in [2.05, 4.69) is 13.5 Å². The summed E-state index contributed by atoms with van der Waals surface area (Å²) in [6.45, 7) is 5.75. The molecule has 0 aliphatic heterocycles. The number of allylic oxidation sites excluding steroid dienone is 1. The third-order valence-electron chi connectivity index (χ3n) is 2.60. The molecule has 0 spiro atoms. The van der Waals surface area contributed by atoms with Crippen molar-refractivity contribution in [1.82, 2.24) is 0 Å². The highest BCUT2D eigenvalue weighted by Gasteiger charge is 1.91. The van der Waals surface area contributed by atoms with Gasteiger partial charge in [-0.05, 0) is 6.42 Å². The minimum Gasteiger partial charge on any atom is -0.396 e. The Morgan fingerprint density at radius 3 is 1.59 bits per heavy atom. The first-order valence-electron chi connectivity index (χ1n) is 6.94. The Hall–Kier alpha value is -0.810. The quantitative estimate of drug-likeness (QED) is 0.447. The zero-order valence-electron chi connectivity index (χ0n) is 11.5. The maximum Gasteiger partial charge on any atom is 0.0905 e. The van der Waals surface area contributed by atoms with Crippen molar-refractivity contribution < 1.29 is 5.11 Å². The van der Waals surface area contributed by atoms with Crippen molar-refractivity contribution in [2.45, 2.75) is 71.1 Å². The van der Waals surface area contributed by atoms with E-state index in [-0.39, 0.29) is 0 Å². The molecule has 0 saturated heterocycles. The smallest absolute Gasteiger partial charge is 0.0905 e. The van der Waals surface area contributed by atoms with Gasteiger partial charge in [-0.15, -0.1) is 0 Å². The second-order valence-electron chi connectivity index (χ2n) is 4.24. The maximum atomic E-state index is 8.57. The minimum absolute atomic E-state index is 0.372. The maximum absolute atomic E-state index is 8.57. The first-order chi connectivity index (χ1) is 8.33. The van der Waals surface area contributed by atoms with Gasteiger partial charge in [0, 0.05) is 12.7 Å². The number of nitrogens with zero attached hydrogens (tertiary/aromatic N) is 1. The molecule has 0 aliphatic rings. The van der Waals surface area contributed by atoms with Crippen LogP contribution in [0.2, 0.25) is 0 Å². The Kier molecular flexibility index (Phi) is 22.5. The summed E-state index contributed by atoms with van der Waals surface area (Å²) >= 11 is 0. The van der Waals surface area contributed by atoms with E-state index in [0.29, 0.717) is 6.61 Å². The molecule has 0 rings (SSSR count). The number of unbranched alkanes of at least 4 members (excludes halogenated alkanes) is 9. The largest absolute Gasteiger partial charge is 0.396 e. The normalized spacial score (nSPS) is 9.00. The Labute approximate surface area is 107 Å². The number of aliphatic hydroxyl groups excluding tert-OH is 1. The van der Waals surface area contributed by atoms with Crippen LogP contribution in [0.3, 0.4) is 0 Å². The van der Waals surface area contributed by atoms with Crippen molar-refractivity contribution >= 4 is 0 Å². The molecule has 0 amide bonds. The summed E-state index contributed by atoms with van der Waals surface area (Å²) in [5.41, 5.74) is 0. The topological polar surface area (TPSA) is 44.0 Å². The van der Waals surface area contributed by atoms with Crippen molar-refractivity contribution in [3.8, 4) is 6.07 Å². The highest BCUT2D eigenvalue weighted by Crippen LogP contribution is 2.09. The van der Waals surface area contributed by atoms with Crippen LogP contribution in [0.1, 0.15) is 71.1 Å². The molecular formula is C15H29NO. The first-order valence-corrected chi connectivity index (χ1v) is 6.94. The van der Waals surface area contributed by atoms with Gasteiger partial charge in [0.1, 0.15) is 0 Å². The summed E-state index contributed by atoms with van der Waals surface area (Å²) in [5, 5.41) is 16.1. The van der Waals surface area contributed by atoms with Gasteiger partial charge in [-0.25, -0.2) is 0 Å². The highest BCUT2D eigenvalue weighted by molar-refractivity contribution is 4.93. The van der Waals surface area contributed by atoms with E-state index in [0.717, 1.165) is 6.42 Å². The van der Waals surface area contributed by atoms with E-state index in [9.17, 15) is 0 Å². The van der Waals surface area contributed by atoms with Crippen molar-refractivity contribution in [3.63, 3.8) is 0 Å². The monoisotopic (exact) mass is 239 g/mol. The van der Waals surface area contributed by atoms with Crippen molar-refractivity contribution in [2.24, 2.45) is 0 Å². The van der Waals surface area contributed by atoms with Crippen LogP contribution < -0.4 is 0 Å². The van der Waals surface area contributed by atoms with Gasteiger partial charge in [-0.3, -0.25) is 0 Å². The van der Waals surface area contributed by atoms with Crippen LogP contribution in [-0.4, -0.2) is 11.7 Å². The average molecular weight is 239 g/mol. The molecule has 0 unspecified atom stereocenters. The zero-order valence-corrected chi connectivity index (χ0v) is 11.5. The zero-order chi connectivity index (χ0) is 13.2. The second-order valence-corrected chi connectivity index (χ2v) is 4.24. The molecule has 0 fully saturated rings. The molecule has 0 bridgehead atoms. The summed E-state index contributed by atoms with van der Waals surface area (Å²) < 4.78 is 0. The fourth-order valence-corrected chi connectivity index (χ4v) is 1.60. The van der Waals surface area contributed by atoms with Crippen molar-refractivity contribution in [3.05, 3.63) is 12.7 Å². The van der Waals surface area contributed by atoms with Crippen molar-refractivity contribution in [1.29, 1.82) is 5.26 Å². The Balaban J connectivity index is 0. The van der Waals surface area contributed by atoms with Crippen LogP contribution in [-0.2, 0) is 0 Å². The van der Waals surface area contributed by atoms with Gasteiger partial charge in [-0.2, -0.15) is 5.26 Å². The lowest BCUT2D eigenvalue weighted by atomic mass is 10.1. The molecular weight excluding hydrogens is 210 g/mol. The number of aliphatic hydroxyl groups is 1.